The van der Waals surface area contributed by atoms with Gasteiger partial charge in [0, 0.05) is 19.3 Å². The lowest BCUT2D eigenvalue weighted by Gasteiger charge is -2.19. The fraction of sp³-hybridized carbons (Fsp3) is 0.462. The summed E-state index contributed by atoms with van der Waals surface area (Å²) >= 11 is 5.68. The summed E-state index contributed by atoms with van der Waals surface area (Å²) in [6.07, 6.45) is 0.881. The van der Waals surface area contributed by atoms with Gasteiger partial charge < -0.3 is 15.4 Å². The number of pyridine rings is 1. The number of hydrogen-bond donors (Lipinski definition) is 2. The van der Waals surface area contributed by atoms with E-state index in [0.717, 1.165) is 0 Å². The normalized spacial score (nSPS) is 10.8. The van der Waals surface area contributed by atoms with Gasteiger partial charge >= 0.3 is 6.09 Å². The van der Waals surface area contributed by atoms with Crippen molar-refractivity contribution < 1.29 is 14.3 Å². The molecule has 0 saturated heterocycles. The van der Waals surface area contributed by atoms with Crippen LogP contribution in [-0.4, -0.2) is 35.7 Å². The number of carbonyl (C=O) groups is 2. The van der Waals surface area contributed by atoms with Gasteiger partial charge in [-0.15, -0.1) is 0 Å². The summed E-state index contributed by atoms with van der Waals surface area (Å²) in [5.74, 6) is -0.326. The van der Waals surface area contributed by atoms with Crippen molar-refractivity contribution in [1.82, 2.24) is 15.6 Å². The van der Waals surface area contributed by atoms with Crippen molar-refractivity contribution in [3.8, 4) is 0 Å². The van der Waals surface area contributed by atoms with E-state index in [1.54, 1.807) is 26.8 Å². The van der Waals surface area contributed by atoms with E-state index >= 15 is 0 Å². The molecule has 0 aromatic carbocycles. The third-order valence-corrected chi connectivity index (χ3v) is 2.26. The number of aromatic nitrogens is 1. The molecule has 0 spiro atoms. The number of amides is 2. The maximum atomic E-state index is 11.7. The standard InChI is InChI=1S/C13H18ClN3O3/c1-13(2,3)20-12(19)16-7-6-15-11(18)10-5-4-9(14)8-17-10/h4-5,8H,6-7H2,1-3H3,(H,15,18)(H,16,19). The number of nitrogens with zero attached hydrogens (tertiary/aromatic N) is 1. The molecule has 1 rings (SSSR count). The van der Waals surface area contributed by atoms with Crippen LogP contribution in [0.4, 0.5) is 4.79 Å². The lowest BCUT2D eigenvalue weighted by atomic mass is 10.2. The highest BCUT2D eigenvalue weighted by Gasteiger charge is 2.15. The molecule has 1 aromatic rings. The topological polar surface area (TPSA) is 80.3 Å². The van der Waals surface area contributed by atoms with Crippen molar-refractivity contribution in [2.45, 2.75) is 26.4 Å². The van der Waals surface area contributed by atoms with Gasteiger partial charge in [0.05, 0.1) is 5.02 Å². The van der Waals surface area contributed by atoms with Gasteiger partial charge in [-0.25, -0.2) is 9.78 Å². The van der Waals surface area contributed by atoms with Gasteiger partial charge in [0.2, 0.25) is 0 Å². The van der Waals surface area contributed by atoms with Crippen molar-refractivity contribution >= 4 is 23.6 Å². The number of nitrogens with one attached hydrogen (secondary N) is 2. The second-order valence-electron chi connectivity index (χ2n) is 5.05. The Kier molecular flexibility index (Phi) is 5.76. The van der Waals surface area contributed by atoms with Crippen LogP contribution in [0.3, 0.4) is 0 Å². The summed E-state index contributed by atoms with van der Waals surface area (Å²) < 4.78 is 5.05. The molecule has 0 aliphatic carbocycles. The molecule has 20 heavy (non-hydrogen) atoms. The molecule has 1 aromatic heterocycles. The first kappa shape index (κ1) is 16.2. The zero-order chi connectivity index (χ0) is 15.2. The van der Waals surface area contributed by atoms with E-state index in [4.69, 9.17) is 16.3 Å². The molecule has 0 aliphatic rings. The van der Waals surface area contributed by atoms with Gasteiger partial charge in [0.25, 0.3) is 5.91 Å². The molecule has 2 amide bonds. The summed E-state index contributed by atoms with van der Waals surface area (Å²) in [6.45, 7) is 5.89. The zero-order valence-corrected chi connectivity index (χ0v) is 12.5. The number of carbonyl (C=O) groups excluding carboxylic acids is 2. The number of hydrogen-bond acceptors (Lipinski definition) is 4. The van der Waals surface area contributed by atoms with Gasteiger partial charge in [-0.05, 0) is 32.9 Å². The Bertz CT molecular complexity index is 469. The van der Waals surface area contributed by atoms with Crippen molar-refractivity contribution in [1.29, 1.82) is 0 Å². The average Bonchev–Trinajstić information content (AvgIpc) is 2.33. The summed E-state index contributed by atoms with van der Waals surface area (Å²) in [5.41, 5.74) is -0.271. The van der Waals surface area contributed by atoms with E-state index < -0.39 is 11.7 Å². The van der Waals surface area contributed by atoms with Gasteiger partial charge in [0.15, 0.2) is 0 Å². The highest BCUT2D eigenvalue weighted by Crippen LogP contribution is 2.06. The van der Waals surface area contributed by atoms with Crippen molar-refractivity contribution in [3.05, 3.63) is 29.0 Å². The van der Waals surface area contributed by atoms with Gasteiger partial charge in [-0.2, -0.15) is 0 Å². The predicted molar refractivity (Wildman–Crippen MR) is 75.8 cm³/mol. The fourth-order valence-electron chi connectivity index (χ4n) is 1.26. The van der Waals surface area contributed by atoms with E-state index in [1.807, 2.05) is 0 Å². The first-order valence-electron chi connectivity index (χ1n) is 6.14. The number of halogens is 1. The van der Waals surface area contributed by atoms with Crippen molar-refractivity contribution in [2.75, 3.05) is 13.1 Å². The third kappa shape index (κ3) is 6.38. The highest BCUT2D eigenvalue weighted by atomic mass is 35.5. The number of ether oxygens (including phenoxy) is 1. The van der Waals surface area contributed by atoms with Crippen LogP contribution in [0.1, 0.15) is 31.3 Å². The molecular formula is C13H18ClN3O3. The SMILES string of the molecule is CC(C)(C)OC(=O)NCCNC(=O)c1ccc(Cl)cn1. The smallest absolute Gasteiger partial charge is 0.407 e. The Labute approximate surface area is 122 Å². The van der Waals surface area contributed by atoms with Crippen LogP contribution >= 0.6 is 11.6 Å². The molecule has 0 bridgehead atoms. The quantitative estimate of drug-likeness (QED) is 0.833. The van der Waals surface area contributed by atoms with E-state index in [0.29, 0.717) is 5.02 Å². The lowest BCUT2D eigenvalue weighted by Crippen LogP contribution is -2.38. The van der Waals surface area contributed by atoms with Gasteiger partial charge in [0.1, 0.15) is 11.3 Å². The molecule has 0 aliphatic heterocycles. The molecule has 2 N–H and O–H groups in total. The second-order valence-corrected chi connectivity index (χ2v) is 5.48. The molecule has 0 radical (unpaired) electrons. The summed E-state index contributed by atoms with van der Waals surface area (Å²) in [5, 5.41) is 5.63. The molecule has 0 fully saturated rings. The third-order valence-electron chi connectivity index (χ3n) is 2.04. The maximum Gasteiger partial charge on any atom is 0.407 e. The molecule has 7 heteroatoms. The zero-order valence-electron chi connectivity index (χ0n) is 11.7. The Morgan fingerprint density at radius 1 is 1.25 bits per heavy atom. The minimum absolute atomic E-state index is 0.270. The Hall–Kier alpha value is -1.82. The Balaban J connectivity index is 2.26. The molecule has 1 heterocycles. The lowest BCUT2D eigenvalue weighted by molar-refractivity contribution is 0.0526. The highest BCUT2D eigenvalue weighted by molar-refractivity contribution is 6.30. The Morgan fingerprint density at radius 2 is 1.90 bits per heavy atom. The molecule has 0 saturated carbocycles. The van der Waals surface area contributed by atoms with Crippen molar-refractivity contribution in [3.63, 3.8) is 0 Å². The van der Waals surface area contributed by atoms with Crippen LogP contribution in [0.2, 0.25) is 5.02 Å². The monoisotopic (exact) mass is 299 g/mol. The summed E-state index contributed by atoms with van der Waals surface area (Å²) in [7, 11) is 0. The fourth-order valence-corrected chi connectivity index (χ4v) is 1.37. The van der Waals surface area contributed by atoms with E-state index in [1.165, 1.54) is 12.3 Å². The predicted octanol–water partition coefficient (Wildman–Crippen LogP) is 1.99. The largest absolute Gasteiger partial charge is 0.444 e. The minimum Gasteiger partial charge on any atom is -0.444 e. The molecule has 6 nitrogen and oxygen atoms in total. The minimum atomic E-state index is -0.541. The van der Waals surface area contributed by atoms with Crippen LogP contribution in [0.15, 0.2) is 18.3 Å². The first-order chi connectivity index (χ1) is 9.28. The van der Waals surface area contributed by atoms with Crippen LogP contribution < -0.4 is 10.6 Å². The second kappa shape index (κ2) is 7.09. The van der Waals surface area contributed by atoms with Crippen LogP contribution in [0.5, 0.6) is 0 Å². The van der Waals surface area contributed by atoms with Crippen LogP contribution in [-0.2, 0) is 4.74 Å². The Morgan fingerprint density at radius 3 is 2.45 bits per heavy atom. The van der Waals surface area contributed by atoms with E-state index in [2.05, 4.69) is 15.6 Å². The van der Waals surface area contributed by atoms with Crippen LogP contribution in [0, 0.1) is 0 Å². The van der Waals surface area contributed by atoms with Crippen LogP contribution in [0.25, 0.3) is 0 Å². The van der Waals surface area contributed by atoms with E-state index in [-0.39, 0.29) is 24.7 Å². The number of alkyl carbamates (subject to hydrolysis) is 1. The first-order valence-corrected chi connectivity index (χ1v) is 6.52. The van der Waals surface area contributed by atoms with Gasteiger partial charge in [-0.1, -0.05) is 11.6 Å². The van der Waals surface area contributed by atoms with E-state index in [9.17, 15) is 9.59 Å². The molecular weight excluding hydrogens is 282 g/mol. The number of rotatable bonds is 4. The van der Waals surface area contributed by atoms with Gasteiger partial charge in [-0.3, -0.25) is 4.79 Å². The molecule has 110 valence electrons. The maximum absolute atomic E-state index is 11.7. The summed E-state index contributed by atoms with van der Waals surface area (Å²) in [4.78, 5) is 26.9. The average molecular weight is 300 g/mol. The molecule has 0 unspecified atom stereocenters. The molecule has 0 atom stereocenters. The summed E-state index contributed by atoms with van der Waals surface area (Å²) in [6, 6.07) is 3.11. The van der Waals surface area contributed by atoms with Crippen molar-refractivity contribution in [2.24, 2.45) is 0 Å².